The number of hydrogen-bond donors (Lipinski definition) is 1. The molecule has 0 radical (unpaired) electrons. The second kappa shape index (κ2) is 8.42. The van der Waals surface area contributed by atoms with Crippen molar-refractivity contribution in [2.45, 2.75) is 30.4 Å². The van der Waals surface area contributed by atoms with E-state index in [1.807, 2.05) is 31.2 Å². The molecule has 152 valence electrons. The Balaban J connectivity index is 1.78. The molecular formula is C18H15ClF3N5OS. The van der Waals surface area contributed by atoms with Crippen LogP contribution in [-0.4, -0.2) is 31.4 Å². The van der Waals surface area contributed by atoms with Crippen LogP contribution in [0.3, 0.4) is 0 Å². The number of anilines is 1. The van der Waals surface area contributed by atoms with E-state index in [0.29, 0.717) is 10.8 Å². The van der Waals surface area contributed by atoms with Crippen molar-refractivity contribution in [1.29, 1.82) is 0 Å². The average molecular weight is 442 g/mol. The molecule has 0 spiro atoms. The third kappa shape index (κ3) is 5.07. The monoisotopic (exact) mass is 441 g/mol. The molecule has 0 fully saturated rings. The van der Waals surface area contributed by atoms with Crippen LogP contribution in [0.4, 0.5) is 18.9 Å². The first-order chi connectivity index (χ1) is 13.6. The highest BCUT2D eigenvalue weighted by Gasteiger charge is 2.34. The lowest BCUT2D eigenvalue weighted by atomic mass is 10.1. The number of alkyl halides is 3. The summed E-state index contributed by atoms with van der Waals surface area (Å²) in [5, 5.41) is 13.3. The molecule has 6 nitrogen and oxygen atoms in total. The van der Waals surface area contributed by atoms with Crippen molar-refractivity contribution >= 4 is 35.0 Å². The fraction of sp³-hybridized carbons (Fsp3) is 0.222. The summed E-state index contributed by atoms with van der Waals surface area (Å²) < 4.78 is 41.1. The number of nitrogens with one attached hydrogen (secondary N) is 1. The number of thioether (sulfide) groups is 1. The van der Waals surface area contributed by atoms with Gasteiger partial charge in [-0.05, 0) is 60.2 Å². The van der Waals surface area contributed by atoms with Gasteiger partial charge >= 0.3 is 6.18 Å². The van der Waals surface area contributed by atoms with Crippen LogP contribution in [0.25, 0.3) is 5.69 Å². The quantitative estimate of drug-likeness (QED) is 0.578. The van der Waals surface area contributed by atoms with E-state index in [1.165, 1.54) is 10.7 Å². The van der Waals surface area contributed by atoms with Gasteiger partial charge in [0.25, 0.3) is 0 Å². The highest BCUT2D eigenvalue weighted by molar-refractivity contribution is 8.00. The van der Waals surface area contributed by atoms with Gasteiger partial charge in [0, 0.05) is 5.02 Å². The zero-order valence-corrected chi connectivity index (χ0v) is 16.8. The molecule has 1 unspecified atom stereocenters. The maximum atomic E-state index is 13.2. The second-order valence-electron chi connectivity index (χ2n) is 6.15. The number of rotatable bonds is 5. The largest absolute Gasteiger partial charge is 0.418 e. The highest BCUT2D eigenvalue weighted by Crippen LogP contribution is 2.37. The minimum Gasteiger partial charge on any atom is -0.325 e. The van der Waals surface area contributed by atoms with E-state index < -0.39 is 22.9 Å². The molecule has 0 aliphatic carbocycles. The molecule has 0 aliphatic heterocycles. The first kappa shape index (κ1) is 21.1. The average Bonchev–Trinajstić information content (AvgIpc) is 3.10. The number of carbonyl (C=O) groups excluding carboxylic acids is 1. The van der Waals surface area contributed by atoms with Crippen LogP contribution in [-0.2, 0) is 11.0 Å². The Labute approximate surface area is 173 Å². The third-order valence-electron chi connectivity index (χ3n) is 3.88. The number of hydrogen-bond acceptors (Lipinski definition) is 5. The van der Waals surface area contributed by atoms with Crippen LogP contribution in [0, 0.1) is 6.92 Å². The van der Waals surface area contributed by atoms with E-state index in [1.54, 1.807) is 6.92 Å². The summed E-state index contributed by atoms with van der Waals surface area (Å²) in [6.07, 6.45) is -4.65. The van der Waals surface area contributed by atoms with Crippen molar-refractivity contribution in [3.05, 3.63) is 58.6 Å². The van der Waals surface area contributed by atoms with Gasteiger partial charge < -0.3 is 5.32 Å². The zero-order valence-electron chi connectivity index (χ0n) is 15.2. The number of aryl methyl sites for hydroxylation is 1. The Hall–Kier alpha value is -2.59. The lowest BCUT2D eigenvalue weighted by molar-refractivity contribution is -0.137. The zero-order chi connectivity index (χ0) is 21.2. The number of benzene rings is 2. The van der Waals surface area contributed by atoms with E-state index in [4.69, 9.17) is 11.6 Å². The second-order valence-corrected chi connectivity index (χ2v) is 7.89. The maximum Gasteiger partial charge on any atom is 0.418 e. The summed E-state index contributed by atoms with van der Waals surface area (Å²) in [6.45, 7) is 3.47. The van der Waals surface area contributed by atoms with Crippen molar-refractivity contribution in [1.82, 2.24) is 20.2 Å². The summed E-state index contributed by atoms with van der Waals surface area (Å²) >= 11 is 6.69. The number of amides is 1. The lowest BCUT2D eigenvalue weighted by Gasteiger charge is -2.16. The van der Waals surface area contributed by atoms with Crippen LogP contribution < -0.4 is 5.32 Å². The number of halogens is 4. The number of nitrogens with zero attached hydrogens (tertiary/aromatic N) is 4. The predicted octanol–water partition coefficient (Wildman–Crippen LogP) is 4.76. The normalized spacial score (nSPS) is 12.6. The minimum atomic E-state index is -4.65. The highest BCUT2D eigenvalue weighted by atomic mass is 35.5. The maximum absolute atomic E-state index is 13.2. The summed E-state index contributed by atoms with van der Waals surface area (Å²) in [4.78, 5) is 12.5. The molecule has 3 aromatic rings. The fourth-order valence-electron chi connectivity index (χ4n) is 2.48. The van der Waals surface area contributed by atoms with Gasteiger partial charge in [-0.1, -0.05) is 35.5 Å². The van der Waals surface area contributed by atoms with Crippen molar-refractivity contribution < 1.29 is 18.0 Å². The summed E-state index contributed by atoms with van der Waals surface area (Å²) in [7, 11) is 0. The van der Waals surface area contributed by atoms with Gasteiger partial charge in [-0.3, -0.25) is 4.79 Å². The van der Waals surface area contributed by atoms with Crippen molar-refractivity contribution in [2.24, 2.45) is 0 Å². The molecule has 11 heteroatoms. The fourth-order valence-corrected chi connectivity index (χ4v) is 3.46. The van der Waals surface area contributed by atoms with Gasteiger partial charge in [0.15, 0.2) is 0 Å². The number of carbonyl (C=O) groups is 1. The Morgan fingerprint density at radius 2 is 2.00 bits per heavy atom. The molecule has 1 aromatic heterocycles. The lowest BCUT2D eigenvalue weighted by Crippen LogP contribution is -2.24. The molecule has 0 aliphatic rings. The molecule has 2 aromatic carbocycles. The molecule has 1 N–H and O–H groups in total. The topological polar surface area (TPSA) is 72.7 Å². The standard InChI is InChI=1S/C18H15ClF3N5OS/c1-10-4-3-5-13(8-10)27-17(24-25-26-27)29-11(2)16(28)23-15-7-6-12(19)9-14(15)18(20,21)22/h3-9,11H,1-2H3,(H,23,28). The van der Waals surface area contributed by atoms with Crippen molar-refractivity contribution in [2.75, 3.05) is 5.32 Å². The van der Waals surface area contributed by atoms with Crippen LogP contribution >= 0.6 is 23.4 Å². The van der Waals surface area contributed by atoms with Gasteiger partial charge in [-0.25, -0.2) is 0 Å². The first-order valence-electron chi connectivity index (χ1n) is 8.35. The van der Waals surface area contributed by atoms with Crippen LogP contribution in [0.1, 0.15) is 18.1 Å². The third-order valence-corrected chi connectivity index (χ3v) is 5.15. The van der Waals surface area contributed by atoms with Crippen molar-refractivity contribution in [3.63, 3.8) is 0 Å². The summed E-state index contributed by atoms with van der Waals surface area (Å²) in [5.41, 5.74) is 0.335. The Kier molecular flexibility index (Phi) is 6.13. The predicted molar refractivity (Wildman–Crippen MR) is 104 cm³/mol. The van der Waals surface area contributed by atoms with Crippen LogP contribution in [0.15, 0.2) is 47.6 Å². The van der Waals surface area contributed by atoms with E-state index >= 15 is 0 Å². The van der Waals surface area contributed by atoms with Crippen molar-refractivity contribution in [3.8, 4) is 5.69 Å². The Morgan fingerprint density at radius 3 is 2.69 bits per heavy atom. The number of aromatic nitrogens is 4. The van der Waals surface area contributed by atoms with Gasteiger partial charge in [0.1, 0.15) is 0 Å². The molecule has 0 saturated heterocycles. The van der Waals surface area contributed by atoms with E-state index in [2.05, 4.69) is 20.8 Å². The summed E-state index contributed by atoms with van der Waals surface area (Å²) in [5.74, 6) is -0.624. The molecule has 3 rings (SSSR count). The van der Waals surface area contributed by atoms with Gasteiger partial charge in [0.2, 0.25) is 11.1 Å². The summed E-state index contributed by atoms with van der Waals surface area (Å²) in [6, 6.07) is 10.6. The first-order valence-corrected chi connectivity index (χ1v) is 9.60. The van der Waals surface area contributed by atoms with E-state index in [0.717, 1.165) is 29.5 Å². The van der Waals surface area contributed by atoms with Gasteiger partial charge in [-0.15, -0.1) is 5.10 Å². The molecule has 0 saturated carbocycles. The Bertz CT molecular complexity index is 1040. The number of tetrazole rings is 1. The van der Waals surface area contributed by atoms with E-state index in [9.17, 15) is 18.0 Å². The molecule has 1 amide bonds. The minimum absolute atomic E-state index is 0.0740. The molecule has 1 atom stereocenters. The Morgan fingerprint density at radius 1 is 1.24 bits per heavy atom. The van der Waals surface area contributed by atoms with Crippen LogP contribution in [0.5, 0.6) is 0 Å². The van der Waals surface area contributed by atoms with Gasteiger partial charge in [0.05, 0.1) is 22.2 Å². The molecule has 0 bridgehead atoms. The van der Waals surface area contributed by atoms with Crippen LogP contribution in [0.2, 0.25) is 5.02 Å². The molecule has 1 heterocycles. The van der Waals surface area contributed by atoms with E-state index in [-0.39, 0.29) is 10.7 Å². The SMILES string of the molecule is Cc1cccc(-n2nnnc2SC(C)C(=O)Nc2ccc(Cl)cc2C(F)(F)F)c1. The molecular weight excluding hydrogens is 427 g/mol. The molecule has 29 heavy (non-hydrogen) atoms. The smallest absolute Gasteiger partial charge is 0.325 e. The van der Waals surface area contributed by atoms with Gasteiger partial charge in [-0.2, -0.15) is 17.9 Å².